The van der Waals surface area contributed by atoms with Crippen molar-refractivity contribution in [3.63, 3.8) is 0 Å². The zero-order chi connectivity index (χ0) is 16.8. The molecule has 1 fully saturated rings. The Kier molecular flexibility index (Phi) is 5.96. The van der Waals surface area contributed by atoms with E-state index in [0.717, 1.165) is 11.1 Å². The lowest BCUT2D eigenvalue weighted by molar-refractivity contribution is -0.137. The molecule has 128 valence electrons. The Morgan fingerprint density at radius 3 is 2.04 bits per heavy atom. The van der Waals surface area contributed by atoms with E-state index in [2.05, 4.69) is 0 Å². The number of aliphatic hydroxyl groups excluding tert-OH is 2. The Bertz CT molecular complexity index is 604. The number of benzene rings is 2. The van der Waals surface area contributed by atoms with Gasteiger partial charge in [-0.3, -0.25) is 0 Å². The van der Waals surface area contributed by atoms with Crippen molar-refractivity contribution >= 4 is 0 Å². The number of hydrogen-bond acceptors (Lipinski definition) is 5. The van der Waals surface area contributed by atoms with Crippen molar-refractivity contribution in [1.82, 2.24) is 0 Å². The average Bonchev–Trinajstić information content (AvgIpc) is 2.89. The summed E-state index contributed by atoms with van der Waals surface area (Å²) in [6.07, 6.45) is -3.48. The van der Waals surface area contributed by atoms with Crippen LogP contribution in [0.25, 0.3) is 0 Å². The second-order valence-electron chi connectivity index (χ2n) is 5.82. The summed E-state index contributed by atoms with van der Waals surface area (Å²) in [6, 6.07) is 19.5. The van der Waals surface area contributed by atoms with Crippen LogP contribution in [0.1, 0.15) is 11.1 Å². The molecule has 5 heteroatoms. The highest BCUT2D eigenvalue weighted by atomic mass is 16.7. The molecule has 2 N–H and O–H groups in total. The second-order valence-corrected chi connectivity index (χ2v) is 5.82. The summed E-state index contributed by atoms with van der Waals surface area (Å²) in [7, 11) is 0. The lowest BCUT2D eigenvalue weighted by atomic mass is 10.1. The maximum absolute atomic E-state index is 10.1. The fourth-order valence-corrected chi connectivity index (χ4v) is 2.69. The smallest absolute Gasteiger partial charge is 0.184 e. The third-order valence-electron chi connectivity index (χ3n) is 3.99. The first-order valence-corrected chi connectivity index (χ1v) is 8.03. The van der Waals surface area contributed by atoms with Gasteiger partial charge in [-0.15, -0.1) is 0 Å². The van der Waals surface area contributed by atoms with E-state index in [9.17, 15) is 10.2 Å². The summed E-state index contributed by atoms with van der Waals surface area (Å²) in [5, 5.41) is 19.8. The highest BCUT2D eigenvalue weighted by Gasteiger charge is 2.43. The van der Waals surface area contributed by atoms with Gasteiger partial charge in [-0.2, -0.15) is 0 Å². The minimum atomic E-state index is -1.25. The van der Waals surface area contributed by atoms with Crippen LogP contribution in [0.5, 0.6) is 0 Å². The van der Waals surface area contributed by atoms with Gasteiger partial charge in [0.1, 0.15) is 18.3 Å². The van der Waals surface area contributed by atoms with Gasteiger partial charge < -0.3 is 24.4 Å². The summed E-state index contributed by atoms with van der Waals surface area (Å²) in [4.78, 5) is 0. The molecule has 3 rings (SSSR count). The molecule has 1 aliphatic rings. The van der Waals surface area contributed by atoms with Crippen molar-refractivity contribution in [2.45, 2.75) is 37.8 Å². The standard InChI is InChI=1S/C19H22O5/c20-17-18(23-12-15-9-5-2-6-10-15)16(24-19(17)21)13-22-11-14-7-3-1-4-8-14/h1-10,16-21H,11-13H2/t16-,17-,18-,19-/m1/s1. The molecule has 5 nitrogen and oxygen atoms in total. The molecule has 1 aliphatic heterocycles. The van der Waals surface area contributed by atoms with Crippen molar-refractivity contribution in [1.29, 1.82) is 0 Å². The Hall–Kier alpha value is -1.76. The predicted octanol–water partition coefficient (Wildman–Crippen LogP) is 1.87. The van der Waals surface area contributed by atoms with Crippen LogP contribution in [-0.2, 0) is 27.4 Å². The van der Waals surface area contributed by atoms with E-state index in [1.807, 2.05) is 60.7 Å². The quantitative estimate of drug-likeness (QED) is 0.811. The Labute approximate surface area is 141 Å². The first-order valence-electron chi connectivity index (χ1n) is 8.03. The van der Waals surface area contributed by atoms with E-state index in [1.165, 1.54) is 0 Å². The van der Waals surface area contributed by atoms with E-state index in [-0.39, 0.29) is 6.61 Å². The zero-order valence-corrected chi connectivity index (χ0v) is 13.3. The van der Waals surface area contributed by atoms with E-state index in [0.29, 0.717) is 13.2 Å². The fourth-order valence-electron chi connectivity index (χ4n) is 2.69. The first-order chi connectivity index (χ1) is 11.7. The van der Waals surface area contributed by atoms with Crippen LogP contribution in [0.15, 0.2) is 60.7 Å². The summed E-state index contributed by atoms with van der Waals surface area (Å²) in [5.74, 6) is 0. The van der Waals surface area contributed by atoms with E-state index in [1.54, 1.807) is 0 Å². The maximum atomic E-state index is 10.1. The van der Waals surface area contributed by atoms with Crippen LogP contribution in [0.4, 0.5) is 0 Å². The largest absolute Gasteiger partial charge is 0.385 e. The predicted molar refractivity (Wildman–Crippen MR) is 88.0 cm³/mol. The molecular formula is C19H22O5. The zero-order valence-electron chi connectivity index (χ0n) is 13.3. The van der Waals surface area contributed by atoms with Crippen LogP contribution in [-0.4, -0.2) is 41.4 Å². The molecule has 0 bridgehead atoms. The molecule has 2 aromatic carbocycles. The second kappa shape index (κ2) is 8.37. The topological polar surface area (TPSA) is 68.2 Å². The fraction of sp³-hybridized carbons (Fsp3) is 0.368. The molecule has 0 aliphatic carbocycles. The lowest BCUT2D eigenvalue weighted by Crippen LogP contribution is -2.37. The normalized spacial score (nSPS) is 26.6. The third kappa shape index (κ3) is 4.41. The van der Waals surface area contributed by atoms with E-state index >= 15 is 0 Å². The molecule has 24 heavy (non-hydrogen) atoms. The first kappa shape index (κ1) is 17.1. The van der Waals surface area contributed by atoms with Crippen LogP contribution in [0, 0.1) is 0 Å². The van der Waals surface area contributed by atoms with Crippen LogP contribution >= 0.6 is 0 Å². The minimum absolute atomic E-state index is 0.239. The van der Waals surface area contributed by atoms with Gasteiger partial charge in [-0.25, -0.2) is 0 Å². The number of hydrogen-bond donors (Lipinski definition) is 2. The van der Waals surface area contributed by atoms with Gasteiger partial charge in [0, 0.05) is 0 Å². The molecule has 1 heterocycles. The Morgan fingerprint density at radius 2 is 1.42 bits per heavy atom. The molecular weight excluding hydrogens is 308 g/mol. The summed E-state index contributed by atoms with van der Waals surface area (Å²) >= 11 is 0. The number of aliphatic hydroxyl groups is 2. The van der Waals surface area contributed by atoms with Gasteiger partial charge in [-0.05, 0) is 11.1 Å². The molecule has 0 aromatic heterocycles. The number of rotatable bonds is 7. The minimum Gasteiger partial charge on any atom is -0.385 e. The van der Waals surface area contributed by atoms with Crippen molar-refractivity contribution in [2.24, 2.45) is 0 Å². The van der Waals surface area contributed by atoms with Gasteiger partial charge in [0.15, 0.2) is 6.29 Å². The van der Waals surface area contributed by atoms with Gasteiger partial charge in [0.2, 0.25) is 0 Å². The SMILES string of the molecule is O[C@@H]1[C@H](OCc2ccccc2)[C@@H](COCc2ccccc2)O[C@H]1O. The van der Waals surface area contributed by atoms with Crippen LogP contribution in [0.3, 0.4) is 0 Å². The van der Waals surface area contributed by atoms with Gasteiger partial charge >= 0.3 is 0 Å². The van der Waals surface area contributed by atoms with Crippen molar-refractivity contribution < 1.29 is 24.4 Å². The molecule has 2 aromatic rings. The van der Waals surface area contributed by atoms with Crippen molar-refractivity contribution in [3.8, 4) is 0 Å². The van der Waals surface area contributed by atoms with Gasteiger partial charge in [-0.1, -0.05) is 60.7 Å². The molecule has 0 unspecified atom stereocenters. The summed E-state index contributed by atoms with van der Waals surface area (Å²) in [5.41, 5.74) is 2.05. The van der Waals surface area contributed by atoms with Crippen molar-refractivity contribution in [2.75, 3.05) is 6.61 Å². The average molecular weight is 330 g/mol. The van der Waals surface area contributed by atoms with Crippen molar-refractivity contribution in [3.05, 3.63) is 71.8 Å². The number of ether oxygens (including phenoxy) is 3. The monoisotopic (exact) mass is 330 g/mol. The molecule has 1 saturated heterocycles. The van der Waals surface area contributed by atoms with E-state index in [4.69, 9.17) is 14.2 Å². The van der Waals surface area contributed by atoms with Crippen LogP contribution in [0.2, 0.25) is 0 Å². The maximum Gasteiger partial charge on any atom is 0.184 e. The molecule has 0 spiro atoms. The summed E-state index contributed by atoms with van der Waals surface area (Å²) in [6.45, 7) is 1.02. The van der Waals surface area contributed by atoms with Crippen LogP contribution < -0.4 is 0 Å². The third-order valence-corrected chi connectivity index (χ3v) is 3.99. The molecule has 0 saturated carbocycles. The molecule has 0 amide bonds. The molecule has 0 radical (unpaired) electrons. The lowest BCUT2D eigenvalue weighted by Gasteiger charge is -2.20. The highest BCUT2D eigenvalue weighted by Crippen LogP contribution is 2.24. The van der Waals surface area contributed by atoms with E-state index < -0.39 is 24.6 Å². The highest BCUT2D eigenvalue weighted by molar-refractivity contribution is 5.14. The summed E-state index contributed by atoms with van der Waals surface area (Å²) < 4.78 is 16.8. The van der Waals surface area contributed by atoms with Gasteiger partial charge in [0.25, 0.3) is 0 Å². The molecule has 4 atom stereocenters. The Morgan fingerprint density at radius 1 is 0.833 bits per heavy atom. The Balaban J connectivity index is 1.52. The van der Waals surface area contributed by atoms with Gasteiger partial charge in [0.05, 0.1) is 19.8 Å².